The molecule has 6 nitrogen and oxygen atoms in total. The second kappa shape index (κ2) is 6.78. The Bertz CT molecular complexity index is 550. The zero-order chi connectivity index (χ0) is 15.4. The fraction of sp³-hybridized carbons (Fsp3) is 0.429. The van der Waals surface area contributed by atoms with Crippen LogP contribution in [0, 0.1) is 5.92 Å². The smallest absolute Gasteiger partial charge is 0.337 e. The quantitative estimate of drug-likeness (QED) is 0.895. The predicted octanol–water partition coefficient (Wildman–Crippen LogP) is 2.54. The van der Waals surface area contributed by atoms with Gasteiger partial charge in [-0.1, -0.05) is 11.6 Å². The lowest BCUT2D eigenvalue weighted by atomic mass is 10.1. The largest absolute Gasteiger partial charge is 0.478 e. The fourth-order valence-corrected chi connectivity index (χ4v) is 2.62. The third-order valence-corrected chi connectivity index (χ3v) is 3.74. The number of benzene rings is 1. The van der Waals surface area contributed by atoms with Crippen molar-refractivity contribution >= 4 is 29.3 Å². The van der Waals surface area contributed by atoms with E-state index in [2.05, 4.69) is 5.32 Å². The van der Waals surface area contributed by atoms with Gasteiger partial charge in [0.1, 0.15) is 0 Å². The number of carbonyl (C=O) groups excluding carboxylic acids is 1. The number of nitrogens with zero attached hydrogens (tertiary/aromatic N) is 1. The van der Waals surface area contributed by atoms with Gasteiger partial charge in [-0.25, -0.2) is 9.59 Å². The predicted molar refractivity (Wildman–Crippen MR) is 79.0 cm³/mol. The summed E-state index contributed by atoms with van der Waals surface area (Å²) < 4.78 is 5.09. The molecule has 1 aromatic rings. The van der Waals surface area contributed by atoms with E-state index in [1.54, 1.807) is 12.0 Å². The van der Waals surface area contributed by atoms with Gasteiger partial charge in [-0.05, 0) is 24.6 Å². The average molecular weight is 313 g/mol. The molecule has 1 fully saturated rings. The van der Waals surface area contributed by atoms with E-state index >= 15 is 0 Å². The molecule has 1 aliphatic rings. The summed E-state index contributed by atoms with van der Waals surface area (Å²) in [6.07, 6.45) is 0.917. The lowest BCUT2D eigenvalue weighted by molar-refractivity contribution is 0.0697. The van der Waals surface area contributed by atoms with Gasteiger partial charge in [0.15, 0.2) is 0 Å². The highest BCUT2D eigenvalue weighted by Crippen LogP contribution is 2.22. The molecule has 1 saturated heterocycles. The van der Waals surface area contributed by atoms with Crippen LogP contribution in [-0.2, 0) is 4.74 Å². The Morgan fingerprint density at radius 3 is 2.90 bits per heavy atom. The molecule has 1 aromatic carbocycles. The van der Waals surface area contributed by atoms with Crippen molar-refractivity contribution in [1.29, 1.82) is 0 Å². The number of likely N-dealkylation sites (tertiary alicyclic amines) is 1. The zero-order valence-electron chi connectivity index (χ0n) is 11.6. The summed E-state index contributed by atoms with van der Waals surface area (Å²) in [5.41, 5.74) is 0.487. The van der Waals surface area contributed by atoms with Gasteiger partial charge in [0.2, 0.25) is 0 Å². The number of hydrogen-bond acceptors (Lipinski definition) is 3. The number of rotatable bonds is 4. The normalized spacial score (nSPS) is 17.8. The van der Waals surface area contributed by atoms with Crippen molar-refractivity contribution in [2.24, 2.45) is 5.92 Å². The van der Waals surface area contributed by atoms with Crippen LogP contribution < -0.4 is 5.32 Å². The topological polar surface area (TPSA) is 78.9 Å². The number of hydrogen-bond donors (Lipinski definition) is 2. The molecule has 1 atom stereocenters. The van der Waals surface area contributed by atoms with Crippen molar-refractivity contribution in [1.82, 2.24) is 4.90 Å². The molecule has 0 aliphatic carbocycles. The maximum atomic E-state index is 12.1. The molecular formula is C14H17ClN2O4. The van der Waals surface area contributed by atoms with Crippen molar-refractivity contribution in [2.45, 2.75) is 6.42 Å². The van der Waals surface area contributed by atoms with Crippen molar-refractivity contribution in [2.75, 3.05) is 32.1 Å². The van der Waals surface area contributed by atoms with Gasteiger partial charge in [0.05, 0.1) is 17.2 Å². The number of carboxylic acid groups (broad SMARTS) is 1. The number of aromatic carboxylic acids is 1. The molecule has 0 radical (unpaired) electrons. The highest BCUT2D eigenvalue weighted by Gasteiger charge is 2.26. The Morgan fingerprint density at radius 2 is 2.29 bits per heavy atom. The van der Waals surface area contributed by atoms with E-state index in [0.717, 1.165) is 6.42 Å². The van der Waals surface area contributed by atoms with Crippen LogP contribution in [0.25, 0.3) is 0 Å². The summed E-state index contributed by atoms with van der Waals surface area (Å²) in [4.78, 5) is 24.7. The Hall–Kier alpha value is -1.79. The third-order valence-electron chi connectivity index (χ3n) is 3.43. The maximum absolute atomic E-state index is 12.1. The van der Waals surface area contributed by atoms with Gasteiger partial charge >= 0.3 is 12.0 Å². The van der Waals surface area contributed by atoms with E-state index in [1.165, 1.54) is 18.2 Å². The van der Waals surface area contributed by atoms with E-state index in [9.17, 15) is 9.59 Å². The Morgan fingerprint density at radius 1 is 1.52 bits per heavy atom. The van der Waals surface area contributed by atoms with Gasteiger partial charge in [-0.2, -0.15) is 0 Å². The summed E-state index contributed by atoms with van der Waals surface area (Å²) in [5, 5.41) is 11.7. The first-order valence-electron chi connectivity index (χ1n) is 6.59. The number of methoxy groups -OCH3 is 1. The average Bonchev–Trinajstić information content (AvgIpc) is 2.87. The maximum Gasteiger partial charge on any atom is 0.337 e. The minimum absolute atomic E-state index is 0.0102. The molecule has 0 spiro atoms. The zero-order valence-corrected chi connectivity index (χ0v) is 12.4. The third kappa shape index (κ3) is 3.86. The highest BCUT2D eigenvalue weighted by molar-refractivity contribution is 6.33. The van der Waals surface area contributed by atoms with Crippen LogP contribution in [0.4, 0.5) is 10.5 Å². The number of anilines is 1. The minimum Gasteiger partial charge on any atom is -0.478 e. The number of amides is 2. The minimum atomic E-state index is -1.10. The molecule has 2 rings (SSSR count). The molecule has 2 amide bonds. The lowest BCUT2D eigenvalue weighted by Crippen LogP contribution is -2.33. The first kappa shape index (κ1) is 15.6. The second-order valence-corrected chi connectivity index (χ2v) is 5.39. The first-order chi connectivity index (χ1) is 10.0. The van der Waals surface area contributed by atoms with E-state index in [-0.39, 0.29) is 16.6 Å². The van der Waals surface area contributed by atoms with E-state index < -0.39 is 5.97 Å². The molecule has 114 valence electrons. The number of ether oxygens (including phenoxy) is 1. The fourth-order valence-electron chi connectivity index (χ4n) is 2.36. The summed E-state index contributed by atoms with van der Waals surface area (Å²) in [6.45, 7) is 1.98. The van der Waals surface area contributed by atoms with Crippen molar-refractivity contribution in [3.63, 3.8) is 0 Å². The van der Waals surface area contributed by atoms with Crippen molar-refractivity contribution < 1.29 is 19.4 Å². The number of carbonyl (C=O) groups is 2. The number of carboxylic acids is 1. The van der Waals surface area contributed by atoms with Crippen LogP contribution in [0.2, 0.25) is 5.02 Å². The SMILES string of the molecule is COCC1CCN(C(=O)Nc2ccc(C(=O)O)c(Cl)c2)C1. The molecule has 2 N–H and O–H groups in total. The van der Waals surface area contributed by atoms with Crippen LogP contribution in [-0.4, -0.2) is 48.8 Å². The molecule has 1 unspecified atom stereocenters. The Balaban J connectivity index is 1.97. The van der Waals surface area contributed by atoms with Gasteiger partial charge < -0.3 is 20.1 Å². The van der Waals surface area contributed by atoms with E-state index in [4.69, 9.17) is 21.4 Å². The van der Waals surface area contributed by atoms with E-state index in [1.807, 2.05) is 0 Å². The summed E-state index contributed by atoms with van der Waals surface area (Å²) >= 11 is 5.87. The molecule has 0 saturated carbocycles. The van der Waals surface area contributed by atoms with Crippen LogP contribution in [0.5, 0.6) is 0 Å². The molecule has 0 aromatic heterocycles. The Kier molecular flexibility index (Phi) is 5.03. The standard InChI is InChI=1S/C14H17ClN2O4/c1-21-8-9-4-5-17(7-9)14(20)16-10-2-3-11(13(18)19)12(15)6-10/h2-3,6,9H,4-5,7-8H2,1H3,(H,16,20)(H,18,19). The van der Waals surface area contributed by atoms with Gasteiger partial charge in [0, 0.05) is 31.8 Å². The van der Waals surface area contributed by atoms with Crippen LogP contribution in [0.1, 0.15) is 16.8 Å². The van der Waals surface area contributed by atoms with E-state index in [0.29, 0.717) is 31.3 Å². The first-order valence-corrected chi connectivity index (χ1v) is 6.96. The second-order valence-electron chi connectivity index (χ2n) is 4.99. The van der Waals surface area contributed by atoms with Gasteiger partial charge in [-0.3, -0.25) is 0 Å². The molecule has 1 aliphatic heterocycles. The molecule has 1 heterocycles. The van der Waals surface area contributed by atoms with Gasteiger partial charge in [-0.15, -0.1) is 0 Å². The number of halogens is 1. The number of nitrogens with one attached hydrogen (secondary N) is 1. The number of urea groups is 1. The summed E-state index contributed by atoms with van der Waals surface area (Å²) in [5.74, 6) is -0.737. The van der Waals surface area contributed by atoms with Crippen LogP contribution in [0.3, 0.4) is 0 Å². The molecule has 21 heavy (non-hydrogen) atoms. The summed E-state index contributed by atoms with van der Waals surface area (Å²) in [7, 11) is 1.65. The molecule has 7 heteroatoms. The monoisotopic (exact) mass is 312 g/mol. The molecular weight excluding hydrogens is 296 g/mol. The highest BCUT2D eigenvalue weighted by atomic mass is 35.5. The summed E-state index contributed by atoms with van der Waals surface area (Å²) in [6, 6.07) is 4.12. The van der Waals surface area contributed by atoms with Crippen molar-refractivity contribution in [3.05, 3.63) is 28.8 Å². The van der Waals surface area contributed by atoms with Gasteiger partial charge in [0.25, 0.3) is 0 Å². The van der Waals surface area contributed by atoms with Crippen LogP contribution in [0.15, 0.2) is 18.2 Å². The molecule has 0 bridgehead atoms. The van der Waals surface area contributed by atoms with Crippen molar-refractivity contribution in [3.8, 4) is 0 Å². The lowest BCUT2D eigenvalue weighted by Gasteiger charge is -2.17. The Labute approximate surface area is 127 Å². The van der Waals surface area contributed by atoms with Crippen LogP contribution >= 0.6 is 11.6 Å².